The molecule has 3 aliphatic rings. The summed E-state index contributed by atoms with van der Waals surface area (Å²) in [5, 5.41) is 6.00. The number of primary amides is 1. The van der Waals surface area contributed by atoms with Crippen molar-refractivity contribution in [3.05, 3.63) is 92.8 Å². The van der Waals surface area contributed by atoms with Gasteiger partial charge in [-0.15, -0.1) is 0 Å². The Labute approximate surface area is 229 Å². The minimum absolute atomic E-state index is 0.0120. The third-order valence-electron chi connectivity index (χ3n) is 7.79. The number of nitrogens with two attached hydrogens (primary N) is 1. The van der Waals surface area contributed by atoms with Gasteiger partial charge in [0.1, 0.15) is 6.04 Å². The van der Waals surface area contributed by atoms with Gasteiger partial charge in [-0.3, -0.25) is 9.59 Å². The first-order valence-corrected chi connectivity index (χ1v) is 13.2. The van der Waals surface area contributed by atoms with E-state index in [9.17, 15) is 19.2 Å². The highest BCUT2D eigenvalue weighted by molar-refractivity contribution is 5.89. The number of hydrogen-bond donors (Lipinski definition) is 3. The second-order valence-corrected chi connectivity index (χ2v) is 10.3. The van der Waals surface area contributed by atoms with E-state index in [-0.39, 0.29) is 19.8 Å². The Bertz CT molecular complexity index is 1600. The fourth-order valence-electron chi connectivity index (χ4n) is 5.69. The number of nitrogens with zero attached hydrogens (tertiary/aromatic N) is 3. The molecule has 12 heteroatoms. The zero-order chi connectivity index (χ0) is 27.9. The van der Waals surface area contributed by atoms with Crippen molar-refractivity contribution < 1.29 is 19.1 Å². The number of carbonyl (C=O) groups excluding carboxylic acids is 2. The molecule has 2 amide bonds. The van der Waals surface area contributed by atoms with Gasteiger partial charge in [-0.05, 0) is 49.2 Å². The molecule has 1 saturated heterocycles. The zero-order valence-electron chi connectivity index (χ0n) is 21.7. The topological polar surface area (TPSA) is 152 Å². The van der Waals surface area contributed by atoms with Gasteiger partial charge >= 0.3 is 11.4 Å². The molecule has 0 bridgehead atoms. The van der Waals surface area contributed by atoms with Crippen LogP contribution in [0.15, 0.2) is 70.3 Å². The second kappa shape index (κ2) is 10.2. The number of allylic oxidation sites excluding steroid dienone is 1. The largest absolute Gasteiger partial charge is 0.454 e. The molecular formula is C28H30N6O6. The molecule has 3 aliphatic heterocycles. The van der Waals surface area contributed by atoms with Gasteiger partial charge in [-0.25, -0.2) is 23.5 Å². The zero-order valence-corrected chi connectivity index (χ0v) is 21.7. The number of carbonyl (C=O) groups is 2. The Morgan fingerprint density at radius 3 is 2.52 bits per heavy atom. The fraction of sp³-hybridized carbons (Fsp3) is 0.357. The lowest BCUT2D eigenvalue weighted by Crippen LogP contribution is -2.55. The van der Waals surface area contributed by atoms with Crippen molar-refractivity contribution in [3.8, 4) is 11.5 Å². The highest BCUT2D eigenvalue weighted by Crippen LogP contribution is 2.34. The summed E-state index contributed by atoms with van der Waals surface area (Å²) >= 11 is 0. The van der Waals surface area contributed by atoms with Crippen molar-refractivity contribution in [3.63, 3.8) is 0 Å². The molecule has 0 radical (unpaired) electrons. The highest BCUT2D eigenvalue weighted by Gasteiger charge is 2.43. The van der Waals surface area contributed by atoms with Crippen molar-refractivity contribution in [2.24, 2.45) is 5.73 Å². The highest BCUT2D eigenvalue weighted by atomic mass is 16.7. The van der Waals surface area contributed by atoms with Crippen molar-refractivity contribution in [1.29, 1.82) is 0 Å². The average Bonchev–Trinajstić information content (AvgIpc) is 3.52. The van der Waals surface area contributed by atoms with Crippen LogP contribution in [0.25, 0.3) is 0 Å². The van der Waals surface area contributed by atoms with Crippen LogP contribution in [0, 0.1) is 0 Å². The maximum absolute atomic E-state index is 13.9. The van der Waals surface area contributed by atoms with Crippen LogP contribution < -0.4 is 37.2 Å². The van der Waals surface area contributed by atoms with Crippen LogP contribution in [0.4, 0.5) is 0 Å². The molecule has 2 aromatic carbocycles. The van der Waals surface area contributed by atoms with Crippen LogP contribution in [-0.2, 0) is 28.1 Å². The predicted molar refractivity (Wildman–Crippen MR) is 144 cm³/mol. The van der Waals surface area contributed by atoms with E-state index in [4.69, 9.17) is 15.2 Å². The Kier molecular flexibility index (Phi) is 6.54. The summed E-state index contributed by atoms with van der Waals surface area (Å²) in [6.45, 7) is 1.39. The van der Waals surface area contributed by atoms with Gasteiger partial charge in [0, 0.05) is 6.42 Å². The second-order valence-electron chi connectivity index (χ2n) is 10.3. The number of benzene rings is 2. The molecule has 1 unspecified atom stereocenters. The summed E-state index contributed by atoms with van der Waals surface area (Å²) in [5.74, 6) is -0.162. The summed E-state index contributed by atoms with van der Waals surface area (Å²) in [4.78, 5) is 53.6. The fourth-order valence-corrected chi connectivity index (χ4v) is 5.69. The van der Waals surface area contributed by atoms with Crippen LogP contribution in [-0.4, -0.2) is 51.7 Å². The molecule has 1 spiro atoms. The molecule has 0 aliphatic carbocycles. The summed E-state index contributed by atoms with van der Waals surface area (Å²) in [7, 11) is 0. The van der Waals surface area contributed by atoms with Gasteiger partial charge < -0.3 is 25.8 Å². The van der Waals surface area contributed by atoms with Crippen molar-refractivity contribution in [2.45, 2.75) is 43.4 Å². The Balaban J connectivity index is 1.36. The van der Waals surface area contributed by atoms with Gasteiger partial charge in [0.2, 0.25) is 18.6 Å². The van der Waals surface area contributed by atoms with Crippen LogP contribution in [0.1, 0.15) is 30.0 Å². The number of piperidine rings is 1. The van der Waals surface area contributed by atoms with E-state index in [2.05, 4.69) is 10.6 Å². The molecule has 40 heavy (non-hydrogen) atoms. The van der Waals surface area contributed by atoms with Gasteiger partial charge in [0.15, 0.2) is 17.5 Å². The monoisotopic (exact) mass is 546 g/mol. The van der Waals surface area contributed by atoms with Crippen molar-refractivity contribution >= 4 is 11.8 Å². The SMILES string of the molecule is NC(=O)[C@H](Cc1ccccc1)NC(=O)C1C=CC2(CCNCC2)n2c(=O)n(Cc3ccc4c(c3)OCO4)c(=O)n21. The number of fused-ring (bicyclic) bond motifs is 3. The van der Waals surface area contributed by atoms with E-state index in [0.29, 0.717) is 43.0 Å². The molecule has 208 valence electrons. The number of hydrogen-bond acceptors (Lipinski definition) is 7. The molecule has 2 atom stereocenters. The van der Waals surface area contributed by atoms with Crippen molar-refractivity contribution in [2.75, 3.05) is 19.9 Å². The molecule has 4 heterocycles. The van der Waals surface area contributed by atoms with E-state index in [0.717, 1.165) is 10.1 Å². The van der Waals surface area contributed by atoms with Crippen LogP contribution >= 0.6 is 0 Å². The number of aromatic nitrogens is 3. The number of amides is 2. The number of nitrogens with one attached hydrogen (secondary N) is 2. The molecule has 12 nitrogen and oxygen atoms in total. The molecular weight excluding hydrogens is 516 g/mol. The predicted octanol–water partition coefficient (Wildman–Crippen LogP) is -0.00910. The molecule has 1 aromatic heterocycles. The van der Waals surface area contributed by atoms with E-state index in [1.54, 1.807) is 24.3 Å². The molecule has 6 rings (SSSR count). The number of rotatable bonds is 7. The van der Waals surface area contributed by atoms with Gasteiger partial charge in [0.05, 0.1) is 12.1 Å². The van der Waals surface area contributed by atoms with Crippen molar-refractivity contribution in [1.82, 2.24) is 24.6 Å². The van der Waals surface area contributed by atoms with E-state index >= 15 is 0 Å². The summed E-state index contributed by atoms with van der Waals surface area (Å²) in [6.07, 6.45) is 4.83. The lowest BCUT2D eigenvalue weighted by Gasteiger charge is -2.40. The van der Waals surface area contributed by atoms with Crippen LogP contribution in [0.3, 0.4) is 0 Å². The van der Waals surface area contributed by atoms with Crippen LogP contribution in [0.5, 0.6) is 11.5 Å². The van der Waals surface area contributed by atoms with E-state index in [1.165, 1.54) is 9.36 Å². The molecule has 4 N–H and O–H groups in total. The quantitative estimate of drug-likeness (QED) is 0.353. The van der Waals surface area contributed by atoms with Gasteiger partial charge in [-0.2, -0.15) is 0 Å². The Morgan fingerprint density at radius 2 is 1.77 bits per heavy atom. The maximum Gasteiger partial charge on any atom is 0.348 e. The van der Waals surface area contributed by atoms with E-state index < -0.39 is 40.8 Å². The van der Waals surface area contributed by atoms with Gasteiger partial charge in [0.25, 0.3) is 0 Å². The first kappa shape index (κ1) is 25.7. The normalized spacial score (nSPS) is 19.2. The third kappa shape index (κ3) is 4.49. The smallest absolute Gasteiger partial charge is 0.348 e. The Morgan fingerprint density at radius 1 is 1.02 bits per heavy atom. The first-order chi connectivity index (χ1) is 19.4. The molecule has 3 aromatic rings. The molecule has 0 saturated carbocycles. The van der Waals surface area contributed by atoms with E-state index in [1.807, 2.05) is 36.4 Å². The lowest BCUT2D eigenvalue weighted by molar-refractivity contribution is -0.129. The first-order valence-electron chi connectivity index (χ1n) is 13.2. The van der Waals surface area contributed by atoms with Crippen LogP contribution in [0.2, 0.25) is 0 Å². The molecule has 1 fully saturated rings. The average molecular weight is 547 g/mol. The lowest BCUT2D eigenvalue weighted by atomic mass is 9.86. The summed E-state index contributed by atoms with van der Waals surface area (Å²) < 4.78 is 14.6. The Hall–Kier alpha value is -4.58. The standard InChI is InChI=1S/C28H30N6O6/c29-24(35)20(14-18-4-2-1-3-5-18)31-25(36)21-8-9-28(10-12-30-13-11-28)34-27(38)32(26(37)33(21)34)16-19-6-7-22-23(15-19)40-17-39-22/h1-9,15,20-21,30H,10-14,16-17H2,(H2,29,35)(H,31,36)/t20-,21?/m0/s1. The summed E-state index contributed by atoms with van der Waals surface area (Å²) in [5.41, 5.74) is 5.23. The summed E-state index contributed by atoms with van der Waals surface area (Å²) in [6, 6.07) is 12.3. The third-order valence-corrected chi connectivity index (χ3v) is 7.79. The maximum atomic E-state index is 13.9. The number of ether oxygens (including phenoxy) is 2. The van der Waals surface area contributed by atoms with Gasteiger partial charge in [-0.1, -0.05) is 48.6 Å². The minimum atomic E-state index is -1.14. The minimum Gasteiger partial charge on any atom is -0.454 e.